The first-order chi connectivity index (χ1) is 8.84. The fraction of sp³-hybridized carbons (Fsp3) is 0.200. The molecule has 0 saturated carbocycles. The van der Waals surface area contributed by atoms with Crippen LogP contribution >= 0.6 is 0 Å². The molecule has 0 spiro atoms. The van der Waals surface area contributed by atoms with E-state index in [1.165, 1.54) is 5.56 Å². The van der Waals surface area contributed by atoms with Crippen molar-refractivity contribution < 1.29 is 0 Å². The van der Waals surface area contributed by atoms with Crippen molar-refractivity contribution in [3.63, 3.8) is 0 Å². The average molecular weight is 237 g/mol. The molecule has 3 aromatic rings. The summed E-state index contributed by atoms with van der Waals surface area (Å²) in [5, 5.41) is 8.45. The molecule has 3 nitrogen and oxygen atoms in total. The maximum absolute atomic E-state index is 4.26. The second kappa shape index (κ2) is 4.61. The van der Waals surface area contributed by atoms with Crippen LogP contribution in [0.2, 0.25) is 0 Å². The summed E-state index contributed by atoms with van der Waals surface area (Å²) in [5.74, 6) is 0. The van der Waals surface area contributed by atoms with E-state index in [2.05, 4.69) is 47.6 Å². The second-order valence-corrected chi connectivity index (χ2v) is 4.56. The van der Waals surface area contributed by atoms with Gasteiger partial charge in [-0.2, -0.15) is 0 Å². The molecule has 0 amide bonds. The van der Waals surface area contributed by atoms with Gasteiger partial charge in [0.05, 0.1) is 11.6 Å². The van der Waals surface area contributed by atoms with E-state index in [-0.39, 0.29) is 0 Å². The molecule has 0 radical (unpaired) electrons. The van der Waals surface area contributed by atoms with Crippen molar-refractivity contribution in [1.82, 2.24) is 15.0 Å². The summed E-state index contributed by atoms with van der Waals surface area (Å²) in [6.45, 7) is 2.17. The van der Waals surface area contributed by atoms with Crippen LogP contribution in [0.5, 0.6) is 0 Å². The monoisotopic (exact) mass is 237 g/mol. The maximum Gasteiger partial charge on any atom is 0.113 e. The van der Waals surface area contributed by atoms with Crippen LogP contribution < -0.4 is 0 Å². The third-order valence-corrected chi connectivity index (χ3v) is 3.17. The largest absolute Gasteiger partial charge is 0.242 e. The molecule has 0 aliphatic rings. The van der Waals surface area contributed by atoms with Crippen molar-refractivity contribution in [1.29, 1.82) is 0 Å². The third-order valence-electron chi connectivity index (χ3n) is 3.17. The van der Waals surface area contributed by atoms with Gasteiger partial charge < -0.3 is 0 Å². The van der Waals surface area contributed by atoms with Crippen LogP contribution in [-0.2, 0) is 6.42 Å². The summed E-state index contributed by atoms with van der Waals surface area (Å²) in [6.07, 6.45) is 0.966. The van der Waals surface area contributed by atoms with E-state index in [4.69, 9.17) is 0 Å². The number of benzene rings is 2. The van der Waals surface area contributed by atoms with Gasteiger partial charge in [-0.3, -0.25) is 0 Å². The Kier molecular flexibility index (Phi) is 2.81. The van der Waals surface area contributed by atoms with Crippen LogP contribution in [0.15, 0.2) is 54.6 Å². The summed E-state index contributed by atoms with van der Waals surface area (Å²) >= 11 is 0. The van der Waals surface area contributed by atoms with Gasteiger partial charge in [0.15, 0.2) is 0 Å². The first kappa shape index (κ1) is 11.0. The molecule has 90 valence electrons. The van der Waals surface area contributed by atoms with Crippen LogP contribution in [0.1, 0.15) is 18.5 Å². The van der Waals surface area contributed by atoms with Crippen LogP contribution in [-0.4, -0.2) is 15.0 Å². The summed E-state index contributed by atoms with van der Waals surface area (Å²) < 4.78 is 2.00. The molecule has 3 heteroatoms. The highest BCUT2D eigenvalue weighted by Crippen LogP contribution is 2.18. The Bertz CT molecular complexity index is 643. The molecule has 2 aromatic carbocycles. The number of nitrogens with zero attached hydrogens (tertiary/aromatic N) is 3. The van der Waals surface area contributed by atoms with Crippen LogP contribution in [0.25, 0.3) is 11.0 Å². The predicted octanol–water partition coefficient (Wildman–Crippen LogP) is 3.24. The lowest BCUT2D eigenvalue weighted by molar-refractivity contribution is 0.488. The van der Waals surface area contributed by atoms with Gasteiger partial charge in [-0.05, 0) is 31.0 Å². The zero-order valence-electron chi connectivity index (χ0n) is 10.3. The Labute approximate surface area is 106 Å². The van der Waals surface area contributed by atoms with Crippen molar-refractivity contribution in [2.24, 2.45) is 0 Å². The number of hydrogen-bond donors (Lipinski definition) is 0. The summed E-state index contributed by atoms with van der Waals surface area (Å²) in [7, 11) is 0. The van der Waals surface area contributed by atoms with E-state index in [0.29, 0.717) is 6.04 Å². The van der Waals surface area contributed by atoms with E-state index in [1.807, 2.05) is 28.9 Å². The topological polar surface area (TPSA) is 30.7 Å². The molecule has 0 fully saturated rings. The van der Waals surface area contributed by atoms with Gasteiger partial charge in [0.25, 0.3) is 0 Å². The molecular weight excluding hydrogens is 222 g/mol. The third kappa shape index (κ3) is 1.99. The Balaban J connectivity index is 1.90. The molecule has 1 atom stereocenters. The SMILES string of the molecule is CC(Cc1ccccc1)n1nnc2ccccc21. The maximum atomic E-state index is 4.26. The standard InChI is InChI=1S/C15H15N3/c1-12(11-13-7-3-2-4-8-13)18-15-10-6-5-9-14(15)16-17-18/h2-10,12H,11H2,1H3. The first-order valence-electron chi connectivity index (χ1n) is 6.18. The summed E-state index contributed by atoms with van der Waals surface area (Å²) in [6, 6.07) is 18.9. The molecule has 1 heterocycles. The van der Waals surface area contributed by atoms with Crippen molar-refractivity contribution in [2.45, 2.75) is 19.4 Å². The van der Waals surface area contributed by atoms with Gasteiger partial charge in [0.2, 0.25) is 0 Å². The Hall–Kier alpha value is -2.16. The smallest absolute Gasteiger partial charge is 0.113 e. The van der Waals surface area contributed by atoms with Crippen molar-refractivity contribution in [3.8, 4) is 0 Å². The number of hydrogen-bond acceptors (Lipinski definition) is 2. The fourth-order valence-electron chi connectivity index (χ4n) is 2.25. The van der Waals surface area contributed by atoms with Gasteiger partial charge in [-0.15, -0.1) is 5.10 Å². The Morgan fingerprint density at radius 3 is 2.56 bits per heavy atom. The molecular formula is C15H15N3. The fourth-order valence-corrected chi connectivity index (χ4v) is 2.25. The molecule has 0 N–H and O–H groups in total. The summed E-state index contributed by atoms with van der Waals surface area (Å²) in [5.41, 5.74) is 3.38. The minimum Gasteiger partial charge on any atom is -0.242 e. The molecule has 3 rings (SSSR count). The molecule has 0 aliphatic carbocycles. The molecule has 18 heavy (non-hydrogen) atoms. The van der Waals surface area contributed by atoms with Gasteiger partial charge in [-0.1, -0.05) is 47.7 Å². The van der Waals surface area contributed by atoms with Crippen molar-refractivity contribution >= 4 is 11.0 Å². The van der Waals surface area contributed by atoms with Gasteiger partial charge in [0.1, 0.15) is 5.52 Å². The van der Waals surface area contributed by atoms with E-state index < -0.39 is 0 Å². The lowest BCUT2D eigenvalue weighted by Crippen LogP contribution is -2.09. The van der Waals surface area contributed by atoms with E-state index >= 15 is 0 Å². The van der Waals surface area contributed by atoms with Crippen LogP contribution in [0, 0.1) is 0 Å². The molecule has 0 saturated heterocycles. The predicted molar refractivity (Wildman–Crippen MR) is 72.4 cm³/mol. The molecule has 0 bridgehead atoms. The Morgan fingerprint density at radius 2 is 1.72 bits per heavy atom. The normalized spacial score (nSPS) is 12.7. The zero-order chi connectivity index (χ0) is 12.4. The number of rotatable bonds is 3. The van der Waals surface area contributed by atoms with Crippen LogP contribution in [0.3, 0.4) is 0 Å². The zero-order valence-corrected chi connectivity index (χ0v) is 10.3. The number of aromatic nitrogens is 3. The Morgan fingerprint density at radius 1 is 1.00 bits per heavy atom. The van der Waals surface area contributed by atoms with E-state index in [9.17, 15) is 0 Å². The minimum absolute atomic E-state index is 0.305. The molecule has 1 aromatic heterocycles. The van der Waals surface area contributed by atoms with Crippen molar-refractivity contribution in [3.05, 3.63) is 60.2 Å². The highest BCUT2D eigenvalue weighted by molar-refractivity contribution is 5.73. The van der Waals surface area contributed by atoms with Gasteiger partial charge in [-0.25, -0.2) is 4.68 Å². The second-order valence-electron chi connectivity index (χ2n) is 4.56. The lowest BCUT2D eigenvalue weighted by atomic mass is 10.1. The quantitative estimate of drug-likeness (QED) is 0.700. The first-order valence-corrected chi connectivity index (χ1v) is 6.18. The number of para-hydroxylation sites is 1. The highest BCUT2D eigenvalue weighted by atomic mass is 15.4. The highest BCUT2D eigenvalue weighted by Gasteiger charge is 2.10. The van der Waals surface area contributed by atoms with E-state index in [0.717, 1.165) is 17.5 Å². The minimum atomic E-state index is 0.305. The van der Waals surface area contributed by atoms with Crippen LogP contribution in [0.4, 0.5) is 0 Å². The number of fused-ring (bicyclic) bond motifs is 1. The average Bonchev–Trinajstić information content (AvgIpc) is 2.84. The summed E-state index contributed by atoms with van der Waals surface area (Å²) in [4.78, 5) is 0. The van der Waals surface area contributed by atoms with Gasteiger partial charge in [0, 0.05) is 0 Å². The van der Waals surface area contributed by atoms with E-state index in [1.54, 1.807) is 0 Å². The lowest BCUT2D eigenvalue weighted by Gasteiger charge is -2.12. The molecule has 1 unspecified atom stereocenters. The van der Waals surface area contributed by atoms with Crippen molar-refractivity contribution in [2.75, 3.05) is 0 Å². The molecule has 0 aliphatic heterocycles. The van der Waals surface area contributed by atoms with Gasteiger partial charge >= 0.3 is 0 Å².